The van der Waals surface area contributed by atoms with Gasteiger partial charge in [0.15, 0.2) is 5.75 Å². The molecule has 162 valence electrons. The van der Waals surface area contributed by atoms with Gasteiger partial charge in [0.1, 0.15) is 12.3 Å². The standard InChI is InChI=1S/C22H28ClN3O4/c1-29-20-8-7-16(23)11-18(20)24-22(28)15-26-14-21(30-2)19(27)12-17(26)13-25-9-5-3-4-6-10-25/h7-8,11-12,14H,3-6,9-10,13,15H2,1-2H3,(H,24,28). The average molecular weight is 434 g/mol. The second-order valence-corrected chi connectivity index (χ2v) is 7.84. The number of ether oxygens (including phenoxy) is 2. The summed E-state index contributed by atoms with van der Waals surface area (Å²) < 4.78 is 12.3. The van der Waals surface area contributed by atoms with E-state index in [9.17, 15) is 9.59 Å². The van der Waals surface area contributed by atoms with Crippen LogP contribution in [0.15, 0.2) is 35.3 Å². The van der Waals surface area contributed by atoms with Crippen LogP contribution in [0.3, 0.4) is 0 Å². The van der Waals surface area contributed by atoms with Gasteiger partial charge >= 0.3 is 0 Å². The first-order valence-corrected chi connectivity index (χ1v) is 10.5. The van der Waals surface area contributed by atoms with Crippen molar-refractivity contribution in [1.82, 2.24) is 9.47 Å². The molecule has 1 aliphatic heterocycles. The van der Waals surface area contributed by atoms with Gasteiger partial charge in [-0.15, -0.1) is 0 Å². The quantitative estimate of drug-likeness (QED) is 0.723. The Morgan fingerprint density at radius 3 is 2.43 bits per heavy atom. The Kier molecular flexibility index (Phi) is 7.76. The van der Waals surface area contributed by atoms with E-state index in [0.29, 0.717) is 23.0 Å². The lowest BCUT2D eigenvalue weighted by Gasteiger charge is -2.23. The van der Waals surface area contributed by atoms with Crippen LogP contribution in [0.5, 0.6) is 11.5 Å². The molecule has 1 aromatic carbocycles. The van der Waals surface area contributed by atoms with Crippen molar-refractivity contribution in [3.63, 3.8) is 0 Å². The van der Waals surface area contributed by atoms with E-state index in [4.69, 9.17) is 21.1 Å². The first-order chi connectivity index (χ1) is 14.5. The minimum Gasteiger partial charge on any atom is -0.495 e. The Balaban J connectivity index is 1.81. The van der Waals surface area contributed by atoms with E-state index in [1.807, 2.05) is 0 Å². The number of methoxy groups -OCH3 is 2. The van der Waals surface area contributed by atoms with Crippen molar-refractivity contribution in [2.24, 2.45) is 0 Å². The molecule has 2 heterocycles. The second-order valence-electron chi connectivity index (χ2n) is 7.41. The molecule has 0 aliphatic carbocycles. The number of carbonyl (C=O) groups is 1. The number of carbonyl (C=O) groups excluding carboxylic acids is 1. The Bertz CT molecular complexity index is 936. The molecule has 0 unspecified atom stereocenters. The summed E-state index contributed by atoms with van der Waals surface area (Å²) in [4.78, 5) is 27.5. The summed E-state index contributed by atoms with van der Waals surface area (Å²) >= 11 is 6.05. The number of halogens is 1. The number of hydrogen-bond acceptors (Lipinski definition) is 5. The number of benzene rings is 1. The largest absolute Gasteiger partial charge is 0.495 e. The third-order valence-electron chi connectivity index (χ3n) is 5.24. The number of nitrogens with zero attached hydrogens (tertiary/aromatic N) is 2. The van der Waals surface area contributed by atoms with Crippen LogP contribution in [-0.2, 0) is 17.9 Å². The highest BCUT2D eigenvalue weighted by Crippen LogP contribution is 2.27. The topological polar surface area (TPSA) is 72.8 Å². The molecule has 0 bridgehead atoms. The lowest BCUT2D eigenvalue weighted by Crippen LogP contribution is -2.29. The van der Waals surface area contributed by atoms with Crippen LogP contribution in [-0.4, -0.2) is 42.7 Å². The third kappa shape index (κ3) is 5.77. The molecule has 7 nitrogen and oxygen atoms in total. The van der Waals surface area contributed by atoms with Gasteiger partial charge in [-0.2, -0.15) is 0 Å². The molecule has 2 aromatic rings. The Morgan fingerprint density at radius 2 is 1.77 bits per heavy atom. The SMILES string of the molecule is COc1ccc(Cl)cc1NC(=O)Cn1cc(OC)c(=O)cc1CN1CCCCCC1. The highest BCUT2D eigenvalue weighted by molar-refractivity contribution is 6.31. The van der Waals surface area contributed by atoms with Crippen LogP contribution in [0.25, 0.3) is 0 Å². The van der Waals surface area contributed by atoms with Crippen molar-refractivity contribution in [2.75, 3.05) is 32.6 Å². The number of likely N-dealkylation sites (tertiary alicyclic amines) is 1. The number of hydrogen-bond donors (Lipinski definition) is 1. The average Bonchev–Trinajstić information content (AvgIpc) is 2.98. The van der Waals surface area contributed by atoms with Gasteiger partial charge < -0.3 is 19.4 Å². The Hall–Kier alpha value is -2.51. The van der Waals surface area contributed by atoms with Gasteiger partial charge in [0.2, 0.25) is 11.3 Å². The molecular formula is C22H28ClN3O4. The summed E-state index contributed by atoms with van der Waals surface area (Å²) in [6, 6.07) is 6.60. The highest BCUT2D eigenvalue weighted by atomic mass is 35.5. The van der Waals surface area contributed by atoms with Crippen molar-refractivity contribution in [3.8, 4) is 11.5 Å². The monoisotopic (exact) mass is 433 g/mol. The Morgan fingerprint density at radius 1 is 1.07 bits per heavy atom. The van der Waals surface area contributed by atoms with Gasteiger partial charge in [-0.05, 0) is 44.1 Å². The van der Waals surface area contributed by atoms with Crippen molar-refractivity contribution < 1.29 is 14.3 Å². The fourth-order valence-corrected chi connectivity index (χ4v) is 3.85. The summed E-state index contributed by atoms with van der Waals surface area (Å²) in [6.07, 6.45) is 6.36. The molecule has 0 spiro atoms. The van der Waals surface area contributed by atoms with Crippen LogP contribution < -0.4 is 20.2 Å². The number of nitrogens with one attached hydrogen (secondary N) is 1. The van der Waals surface area contributed by atoms with Crippen molar-refractivity contribution in [1.29, 1.82) is 0 Å². The summed E-state index contributed by atoms with van der Waals surface area (Å²) in [5, 5.41) is 3.34. The van der Waals surface area contributed by atoms with E-state index in [2.05, 4.69) is 10.2 Å². The van der Waals surface area contributed by atoms with Crippen molar-refractivity contribution >= 4 is 23.2 Å². The van der Waals surface area contributed by atoms with Crippen LogP contribution in [0.4, 0.5) is 5.69 Å². The van der Waals surface area contributed by atoms with E-state index in [1.54, 1.807) is 35.0 Å². The predicted octanol–water partition coefficient (Wildman–Crippen LogP) is 3.53. The first-order valence-electron chi connectivity index (χ1n) is 10.1. The zero-order chi connectivity index (χ0) is 21.5. The smallest absolute Gasteiger partial charge is 0.244 e. The minimum absolute atomic E-state index is 0.0372. The second kappa shape index (κ2) is 10.5. The van der Waals surface area contributed by atoms with Gasteiger partial charge in [0.25, 0.3) is 0 Å². The summed E-state index contributed by atoms with van der Waals surface area (Å²) in [7, 11) is 2.98. The maximum absolute atomic E-state index is 12.8. The maximum Gasteiger partial charge on any atom is 0.244 e. The van der Waals surface area contributed by atoms with Crippen LogP contribution in [0.1, 0.15) is 31.4 Å². The number of aromatic nitrogens is 1. The number of amides is 1. The lowest BCUT2D eigenvalue weighted by atomic mass is 10.2. The van der Waals surface area contributed by atoms with Crippen molar-refractivity contribution in [3.05, 3.63) is 51.4 Å². The zero-order valence-corrected chi connectivity index (χ0v) is 18.2. The van der Waals surface area contributed by atoms with E-state index in [0.717, 1.165) is 31.6 Å². The van der Waals surface area contributed by atoms with Gasteiger partial charge in [-0.3, -0.25) is 14.5 Å². The van der Waals surface area contributed by atoms with Crippen LogP contribution in [0.2, 0.25) is 5.02 Å². The first kappa shape index (κ1) is 22.2. The summed E-state index contributed by atoms with van der Waals surface area (Å²) in [6.45, 7) is 2.64. The molecule has 8 heteroatoms. The maximum atomic E-state index is 12.8. The van der Waals surface area contributed by atoms with Gasteiger partial charge in [-0.1, -0.05) is 24.4 Å². The molecule has 1 amide bonds. The van der Waals surface area contributed by atoms with E-state index in [1.165, 1.54) is 27.1 Å². The number of anilines is 1. The highest BCUT2D eigenvalue weighted by Gasteiger charge is 2.16. The third-order valence-corrected chi connectivity index (χ3v) is 5.47. The molecule has 3 rings (SSSR count). The van der Waals surface area contributed by atoms with Crippen LogP contribution >= 0.6 is 11.6 Å². The summed E-state index contributed by atoms with van der Waals surface area (Å²) in [5.74, 6) is 0.483. The Labute approximate surface area is 181 Å². The van der Waals surface area contributed by atoms with Gasteiger partial charge in [0.05, 0.1) is 26.1 Å². The van der Waals surface area contributed by atoms with E-state index >= 15 is 0 Å². The lowest BCUT2D eigenvalue weighted by molar-refractivity contribution is -0.116. The molecular weight excluding hydrogens is 406 g/mol. The van der Waals surface area contributed by atoms with Gasteiger partial charge in [0, 0.05) is 23.3 Å². The number of rotatable bonds is 7. The van der Waals surface area contributed by atoms with E-state index in [-0.39, 0.29) is 23.6 Å². The van der Waals surface area contributed by atoms with Crippen molar-refractivity contribution in [2.45, 2.75) is 38.8 Å². The van der Waals surface area contributed by atoms with Crippen LogP contribution in [0, 0.1) is 0 Å². The zero-order valence-electron chi connectivity index (χ0n) is 17.4. The fourth-order valence-electron chi connectivity index (χ4n) is 3.68. The summed E-state index contributed by atoms with van der Waals surface area (Å²) in [5.41, 5.74) is 1.10. The molecule has 1 aliphatic rings. The fraction of sp³-hybridized carbons (Fsp3) is 0.455. The number of pyridine rings is 1. The predicted molar refractivity (Wildman–Crippen MR) is 118 cm³/mol. The molecule has 1 saturated heterocycles. The molecule has 30 heavy (non-hydrogen) atoms. The molecule has 0 atom stereocenters. The molecule has 0 saturated carbocycles. The normalized spacial score (nSPS) is 14.8. The molecule has 0 radical (unpaired) electrons. The molecule has 1 aromatic heterocycles. The molecule has 1 fully saturated rings. The van der Waals surface area contributed by atoms with E-state index < -0.39 is 0 Å². The van der Waals surface area contributed by atoms with Gasteiger partial charge in [-0.25, -0.2) is 0 Å². The minimum atomic E-state index is -0.251. The molecule has 1 N–H and O–H groups in total.